The van der Waals surface area contributed by atoms with E-state index in [-0.39, 0.29) is 0 Å². The van der Waals surface area contributed by atoms with Crippen LogP contribution >= 0.6 is 0 Å². The molecule has 3 rings (SSSR count). The Morgan fingerprint density at radius 1 is 1.30 bits per heavy atom. The number of rotatable bonds is 5. The molecule has 20 heavy (non-hydrogen) atoms. The van der Waals surface area contributed by atoms with Crippen LogP contribution in [-0.4, -0.2) is 36.8 Å². The average Bonchev–Trinajstić information content (AvgIpc) is 2.77. The van der Waals surface area contributed by atoms with Gasteiger partial charge in [-0.15, -0.1) is 0 Å². The van der Waals surface area contributed by atoms with Crippen LogP contribution in [0.2, 0.25) is 0 Å². The monoisotopic (exact) mass is 275 g/mol. The Labute approximate surface area is 121 Å². The number of morpholine rings is 1. The molecule has 0 saturated carbocycles. The van der Waals surface area contributed by atoms with E-state index in [0.29, 0.717) is 12.2 Å². The van der Waals surface area contributed by atoms with E-state index in [4.69, 9.17) is 9.72 Å². The Morgan fingerprint density at radius 2 is 2.05 bits per heavy atom. The maximum Gasteiger partial charge on any atom is 0.129 e. The van der Waals surface area contributed by atoms with Gasteiger partial charge in [-0.05, 0) is 50.4 Å². The summed E-state index contributed by atoms with van der Waals surface area (Å²) in [5.74, 6) is 1.12. The summed E-state index contributed by atoms with van der Waals surface area (Å²) in [6.07, 6.45) is 4.41. The normalized spacial score (nSPS) is 25.2. The Morgan fingerprint density at radius 3 is 2.75 bits per heavy atom. The molecule has 0 spiro atoms. The van der Waals surface area contributed by atoms with Gasteiger partial charge in [0.1, 0.15) is 5.82 Å². The SMILES string of the molecule is CCCNCc1cc(C)nc(N2CC3CCC(C2)O3)c1. The van der Waals surface area contributed by atoms with Gasteiger partial charge in [-0.2, -0.15) is 0 Å². The predicted molar refractivity (Wildman–Crippen MR) is 81.1 cm³/mol. The average molecular weight is 275 g/mol. The van der Waals surface area contributed by atoms with Crippen LogP contribution in [0, 0.1) is 6.92 Å². The van der Waals surface area contributed by atoms with Gasteiger partial charge in [0.05, 0.1) is 12.2 Å². The summed E-state index contributed by atoms with van der Waals surface area (Å²) in [6, 6.07) is 4.42. The third kappa shape index (κ3) is 3.13. The molecular weight excluding hydrogens is 250 g/mol. The lowest BCUT2D eigenvalue weighted by Crippen LogP contribution is -2.43. The van der Waals surface area contributed by atoms with Crippen LogP contribution in [0.15, 0.2) is 12.1 Å². The van der Waals surface area contributed by atoms with Crippen molar-refractivity contribution in [2.75, 3.05) is 24.5 Å². The highest BCUT2D eigenvalue weighted by Crippen LogP contribution is 2.29. The molecule has 2 saturated heterocycles. The third-order valence-electron chi connectivity index (χ3n) is 4.12. The van der Waals surface area contributed by atoms with Crippen molar-refractivity contribution in [1.29, 1.82) is 0 Å². The topological polar surface area (TPSA) is 37.4 Å². The summed E-state index contributed by atoms with van der Waals surface area (Å²) in [5, 5.41) is 3.47. The zero-order valence-corrected chi connectivity index (χ0v) is 12.6. The minimum absolute atomic E-state index is 0.415. The molecule has 2 bridgehead atoms. The van der Waals surface area contributed by atoms with E-state index in [0.717, 1.165) is 37.7 Å². The van der Waals surface area contributed by atoms with Gasteiger partial charge < -0.3 is 15.0 Å². The van der Waals surface area contributed by atoms with Crippen molar-refractivity contribution in [3.8, 4) is 0 Å². The van der Waals surface area contributed by atoms with Crippen LogP contribution < -0.4 is 10.2 Å². The van der Waals surface area contributed by atoms with E-state index in [1.54, 1.807) is 0 Å². The molecule has 0 amide bonds. The molecule has 0 aliphatic carbocycles. The minimum Gasteiger partial charge on any atom is -0.371 e. The summed E-state index contributed by atoms with van der Waals surface area (Å²) >= 11 is 0. The summed E-state index contributed by atoms with van der Waals surface area (Å²) in [5.41, 5.74) is 2.44. The molecule has 2 aliphatic heterocycles. The molecule has 2 fully saturated rings. The molecule has 4 heteroatoms. The number of aromatic nitrogens is 1. The second-order valence-electron chi connectivity index (χ2n) is 6.01. The first kappa shape index (κ1) is 13.8. The minimum atomic E-state index is 0.415. The maximum atomic E-state index is 5.91. The second kappa shape index (κ2) is 6.10. The molecule has 2 aliphatic rings. The molecule has 0 aromatic carbocycles. The number of hydrogen-bond acceptors (Lipinski definition) is 4. The molecule has 110 valence electrons. The molecule has 2 atom stereocenters. The molecule has 3 heterocycles. The van der Waals surface area contributed by atoms with Gasteiger partial charge in [0, 0.05) is 25.3 Å². The lowest BCUT2D eigenvalue weighted by atomic mass is 10.2. The van der Waals surface area contributed by atoms with Gasteiger partial charge in [0.25, 0.3) is 0 Å². The van der Waals surface area contributed by atoms with E-state index >= 15 is 0 Å². The van der Waals surface area contributed by atoms with Crippen molar-refractivity contribution in [2.24, 2.45) is 0 Å². The lowest BCUT2D eigenvalue weighted by molar-refractivity contribution is 0.0302. The first-order chi connectivity index (χ1) is 9.74. The molecular formula is C16H25N3O. The van der Waals surface area contributed by atoms with Crippen LogP contribution in [0.3, 0.4) is 0 Å². The van der Waals surface area contributed by atoms with Crippen molar-refractivity contribution in [1.82, 2.24) is 10.3 Å². The highest BCUT2D eigenvalue weighted by molar-refractivity contribution is 5.43. The largest absolute Gasteiger partial charge is 0.371 e. The van der Waals surface area contributed by atoms with Gasteiger partial charge >= 0.3 is 0 Å². The number of nitrogens with one attached hydrogen (secondary N) is 1. The Kier molecular flexibility index (Phi) is 4.22. The predicted octanol–water partition coefficient (Wildman–Crippen LogP) is 2.26. The summed E-state index contributed by atoms with van der Waals surface area (Å²) in [6.45, 7) is 8.27. The lowest BCUT2D eigenvalue weighted by Gasteiger charge is -2.33. The third-order valence-corrected chi connectivity index (χ3v) is 4.12. The fourth-order valence-electron chi connectivity index (χ4n) is 3.20. The second-order valence-corrected chi connectivity index (χ2v) is 6.01. The summed E-state index contributed by atoms with van der Waals surface area (Å²) in [4.78, 5) is 7.13. The highest BCUT2D eigenvalue weighted by Gasteiger charge is 2.34. The van der Waals surface area contributed by atoms with Crippen molar-refractivity contribution >= 4 is 5.82 Å². The highest BCUT2D eigenvalue weighted by atomic mass is 16.5. The fourth-order valence-corrected chi connectivity index (χ4v) is 3.20. The van der Waals surface area contributed by atoms with Crippen LogP contribution in [-0.2, 0) is 11.3 Å². The number of pyridine rings is 1. The van der Waals surface area contributed by atoms with Crippen LogP contribution in [0.25, 0.3) is 0 Å². The Balaban J connectivity index is 1.72. The van der Waals surface area contributed by atoms with Gasteiger partial charge in [-0.25, -0.2) is 4.98 Å². The van der Waals surface area contributed by atoms with Gasteiger partial charge in [-0.1, -0.05) is 6.92 Å². The molecule has 2 unspecified atom stereocenters. The Bertz CT molecular complexity index is 451. The van der Waals surface area contributed by atoms with Crippen molar-refractivity contribution in [3.05, 3.63) is 23.4 Å². The van der Waals surface area contributed by atoms with E-state index in [9.17, 15) is 0 Å². The maximum absolute atomic E-state index is 5.91. The molecule has 1 aromatic heterocycles. The molecule has 4 nitrogen and oxygen atoms in total. The fraction of sp³-hybridized carbons (Fsp3) is 0.688. The standard InChI is InChI=1S/C16H25N3O/c1-3-6-17-9-13-7-12(2)18-16(8-13)19-10-14-4-5-15(11-19)20-14/h7-8,14-15,17H,3-6,9-11H2,1-2H3. The zero-order chi connectivity index (χ0) is 13.9. The quantitative estimate of drug-likeness (QED) is 0.836. The number of hydrogen-bond donors (Lipinski definition) is 1. The number of ether oxygens (including phenoxy) is 1. The Hall–Kier alpha value is -1.13. The number of aryl methyl sites for hydroxylation is 1. The molecule has 1 N–H and O–H groups in total. The number of anilines is 1. The zero-order valence-electron chi connectivity index (χ0n) is 12.6. The van der Waals surface area contributed by atoms with E-state index in [2.05, 4.69) is 36.2 Å². The van der Waals surface area contributed by atoms with Gasteiger partial charge in [0.2, 0.25) is 0 Å². The first-order valence-electron chi connectivity index (χ1n) is 7.83. The van der Waals surface area contributed by atoms with Crippen molar-refractivity contribution in [3.63, 3.8) is 0 Å². The molecule has 1 aromatic rings. The van der Waals surface area contributed by atoms with E-state index in [1.807, 2.05) is 0 Å². The summed E-state index contributed by atoms with van der Waals surface area (Å²) < 4.78 is 5.91. The smallest absolute Gasteiger partial charge is 0.129 e. The first-order valence-corrected chi connectivity index (χ1v) is 7.83. The number of nitrogens with zero attached hydrogens (tertiary/aromatic N) is 2. The van der Waals surface area contributed by atoms with E-state index < -0.39 is 0 Å². The van der Waals surface area contributed by atoms with Gasteiger partial charge in [-0.3, -0.25) is 0 Å². The molecule has 0 radical (unpaired) electrons. The summed E-state index contributed by atoms with van der Waals surface area (Å²) in [7, 11) is 0. The number of fused-ring (bicyclic) bond motifs is 2. The van der Waals surface area contributed by atoms with E-state index in [1.165, 1.54) is 24.8 Å². The van der Waals surface area contributed by atoms with Crippen molar-refractivity contribution in [2.45, 2.75) is 51.9 Å². The van der Waals surface area contributed by atoms with Crippen LogP contribution in [0.4, 0.5) is 5.82 Å². The van der Waals surface area contributed by atoms with Crippen LogP contribution in [0.1, 0.15) is 37.4 Å². The van der Waals surface area contributed by atoms with Crippen molar-refractivity contribution < 1.29 is 4.74 Å². The van der Waals surface area contributed by atoms with Crippen LogP contribution in [0.5, 0.6) is 0 Å². The van der Waals surface area contributed by atoms with Gasteiger partial charge in [0.15, 0.2) is 0 Å².